The van der Waals surface area contributed by atoms with E-state index in [2.05, 4.69) is 5.32 Å². The standard InChI is InChI=1S/C33H43N3O5S/c1-5-22-34-33(38)31(24-27-11-8-7-9-12-27)35(25-28-16-14-26(3)15-17-28)32(37)13-10-23-36(42(4,39)40)29-18-20-30(21-19-29)41-6-2/h7-9,11-12,14-21,31H,5-6,10,13,22-25H2,1-4H3,(H,34,38). The molecule has 1 N–H and O–H groups in total. The van der Waals surface area contributed by atoms with Gasteiger partial charge in [0.25, 0.3) is 0 Å². The molecule has 3 rings (SSSR count). The second-order valence-corrected chi connectivity index (χ2v) is 12.3. The van der Waals surface area contributed by atoms with Crippen LogP contribution in [-0.2, 0) is 32.6 Å². The Morgan fingerprint density at radius 1 is 0.905 bits per heavy atom. The molecule has 0 aliphatic rings. The van der Waals surface area contributed by atoms with Gasteiger partial charge in [0.15, 0.2) is 0 Å². The monoisotopic (exact) mass is 593 g/mol. The molecule has 0 fully saturated rings. The van der Waals surface area contributed by atoms with Crippen LogP contribution >= 0.6 is 0 Å². The molecule has 3 aromatic carbocycles. The zero-order chi connectivity index (χ0) is 30.5. The number of amides is 2. The molecule has 1 atom stereocenters. The number of nitrogens with one attached hydrogen (secondary N) is 1. The molecule has 0 radical (unpaired) electrons. The Hall–Kier alpha value is -3.85. The Morgan fingerprint density at radius 2 is 1.57 bits per heavy atom. The van der Waals surface area contributed by atoms with E-state index in [-0.39, 0.29) is 37.7 Å². The van der Waals surface area contributed by atoms with Crippen molar-refractivity contribution in [2.75, 3.05) is 30.3 Å². The third kappa shape index (κ3) is 9.91. The predicted molar refractivity (Wildman–Crippen MR) is 168 cm³/mol. The molecule has 8 nitrogen and oxygen atoms in total. The minimum Gasteiger partial charge on any atom is -0.494 e. The maximum Gasteiger partial charge on any atom is 0.243 e. The fraction of sp³-hybridized carbons (Fsp3) is 0.394. The number of hydrogen-bond donors (Lipinski definition) is 1. The Bertz CT molecular complexity index is 1380. The van der Waals surface area contributed by atoms with Crippen molar-refractivity contribution in [2.45, 2.75) is 59.0 Å². The molecule has 0 saturated carbocycles. The zero-order valence-corrected chi connectivity index (χ0v) is 25.9. The summed E-state index contributed by atoms with van der Waals surface area (Å²) in [4.78, 5) is 29.0. The lowest BCUT2D eigenvalue weighted by molar-refractivity contribution is -0.141. The second kappa shape index (κ2) is 16.0. The molecule has 0 spiro atoms. The molecular weight excluding hydrogens is 550 g/mol. The van der Waals surface area contributed by atoms with Gasteiger partial charge in [-0.2, -0.15) is 0 Å². The number of ether oxygens (including phenoxy) is 1. The van der Waals surface area contributed by atoms with Crippen LogP contribution < -0.4 is 14.4 Å². The van der Waals surface area contributed by atoms with E-state index in [1.54, 1.807) is 29.2 Å². The molecule has 0 heterocycles. The molecule has 2 amide bonds. The van der Waals surface area contributed by atoms with Crippen LogP contribution in [0.25, 0.3) is 0 Å². The second-order valence-electron chi connectivity index (χ2n) is 10.4. The summed E-state index contributed by atoms with van der Waals surface area (Å²) in [5, 5.41) is 2.98. The van der Waals surface area contributed by atoms with Gasteiger partial charge in [0, 0.05) is 32.5 Å². The van der Waals surface area contributed by atoms with Gasteiger partial charge in [-0.25, -0.2) is 8.42 Å². The van der Waals surface area contributed by atoms with E-state index in [0.29, 0.717) is 31.0 Å². The maximum absolute atomic E-state index is 13.9. The van der Waals surface area contributed by atoms with Crippen molar-refractivity contribution in [1.29, 1.82) is 0 Å². The van der Waals surface area contributed by atoms with Gasteiger partial charge in [-0.3, -0.25) is 13.9 Å². The summed E-state index contributed by atoms with van der Waals surface area (Å²) in [5.74, 6) is 0.249. The SMILES string of the molecule is CCCNC(=O)C(Cc1ccccc1)N(Cc1ccc(C)cc1)C(=O)CCCN(c1ccc(OCC)cc1)S(C)(=O)=O. The summed E-state index contributed by atoms with van der Waals surface area (Å²) in [5.41, 5.74) is 3.48. The van der Waals surface area contributed by atoms with Crippen LogP contribution in [-0.4, -0.2) is 57.1 Å². The number of benzene rings is 3. The van der Waals surface area contributed by atoms with Crippen LogP contribution in [0.5, 0.6) is 5.75 Å². The normalized spacial score (nSPS) is 11.9. The quantitative estimate of drug-likeness (QED) is 0.249. The topological polar surface area (TPSA) is 96.0 Å². The lowest BCUT2D eigenvalue weighted by atomic mass is 10.0. The number of carbonyl (C=O) groups excluding carboxylic acids is 2. The van der Waals surface area contributed by atoms with Gasteiger partial charge in [-0.15, -0.1) is 0 Å². The van der Waals surface area contributed by atoms with Crippen molar-refractivity contribution in [3.8, 4) is 5.75 Å². The first-order valence-corrected chi connectivity index (χ1v) is 16.3. The minimum absolute atomic E-state index is 0.0846. The van der Waals surface area contributed by atoms with Crippen LogP contribution in [0.1, 0.15) is 49.8 Å². The molecule has 42 heavy (non-hydrogen) atoms. The van der Waals surface area contributed by atoms with Crippen LogP contribution in [0.3, 0.4) is 0 Å². The average Bonchev–Trinajstić information content (AvgIpc) is 2.97. The Morgan fingerprint density at radius 3 is 2.17 bits per heavy atom. The van der Waals surface area contributed by atoms with Crippen LogP contribution in [0.4, 0.5) is 5.69 Å². The van der Waals surface area contributed by atoms with Gasteiger partial charge in [0.2, 0.25) is 21.8 Å². The first kappa shape index (κ1) is 32.7. The molecule has 0 bridgehead atoms. The average molecular weight is 594 g/mol. The van der Waals surface area contributed by atoms with Gasteiger partial charge in [0.05, 0.1) is 18.6 Å². The first-order valence-electron chi connectivity index (χ1n) is 14.5. The number of hydrogen-bond acceptors (Lipinski definition) is 5. The van der Waals surface area contributed by atoms with Gasteiger partial charge < -0.3 is 15.0 Å². The van der Waals surface area contributed by atoms with Crippen molar-refractivity contribution < 1.29 is 22.7 Å². The summed E-state index contributed by atoms with van der Waals surface area (Å²) >= 11 is 0. The highest BCUT2D eigenvalue weighted by Gasteiger charge is 2.30. The molecular formula is C33H43N3O5S. The zero-order valence-electron chi connectivity index (χ0n) is 25.1. The summed E-state index contributed by atoms with van der Waals surface area (Å²) in [6, 6.07) is 23.7. The highest BCUT2D eigenvalue weighted by Crippen LogP contribution is 2.23. The molecule has 0 saturated heterocycles. The van der Waals surface area contributed by atoms with Gasteiger partial charge in [0.1, 0.15) is 11.8 Å². The van der Waals surface area contributed by atoms with Crippen LogP contribution in [0.15, 0.2) is 78.9 Å². The van der Waals surface area contributed by atoms with E-state index < -0.39 is 16.1 Å². The Kier molecular flexibility index (Phi) is 12.4. The van der Waals surface area contributed by atoms with Crippen molar-refractivity contribution in [2.24, 2.45) is 0 Å². The lowest BCUT2D eigenvalue weighted by Crippen LogP contribution is -2.50. The van der Waals surface area contributed by atoms with E-state index in [1.165, 1.54) is 4.31 Å². The fourth-order valence-corrected chi connectivity index (χ4v) is 5.65. The molecule has 0 aromatic heterocycles. The van der Waals surface area contributed by atoms with E-state index >= 15 is 0 Å². The number of carbonyl (C=O) groups is 2. The number of nitrogens with zero attached hydrogens (tertiary/aromatic N) is 2. The largest absolute Gasteiger partial charge is 0.494 e. The highest BCUT2D eigenvalue weighted by molar-refractivity contribution is 7.92. The highest BCUT2D eigenvalue weighted by atomic mass is 32.2. The van der Waals surface area contributed by atoms with Crippen LogP contribution in [0, 0.1) is 6.92 Å². The van der Waals surface area contributed by atoms with Crippen molar-refractivity contribution in [3.05, 3.63) is 95.6 Å². The van der Waals surface area contributed by atoms with Gasteiger partial charge >= 0.3 is 0 Å². The third-order valence-corrected chi connectivity index (χ3v) is 8.08. The van der Waals surface area contributed by atoms with Crippen molar-refractivity contribution >= 4 is 27.5 Å². The first-order chi connectivity index (χ1) is 20.1. The molecule has 0 aliphatic carbocycles. The van der Waals surface area contributed by atoms with Gasteiger partial charge in [-0.1, -0.05) is 67.1 Å². The summed E-state index contributed by atoms with van der Waals surface area (Å²) in [6.45, 7) is 7.29. The lowest BCUT2D eigenvalue weighted by Gasteiger charge is -2.32. The summed E-state index contributed by atoms with van der Waals surface area (Å²) < 4.78 is 32.1. The predicted octanol–water partition coefficient (Wildman–Crippen LogP) is 5.11. The van der Waals surface area contributed by atoms with E-state index in [0.717, 1.165) is 29.4 Å². The Balaban J connectivity index is 1.84. The Labute approximate surface area is 250 Å². The maximum atomic E-state index is 13.9. The summed E-state index contributed by atoms with van der Waals surface area (Å²) in [6.07, 6.45) is 2.68. The van der Waals surface area contributed by atoms with E-state index in [4.69, 9.17) is 4.74 Å². The third-order valence-electron chi connectivity index (χ3n) is 6.88. The van der Waals surface area contributed by atoms with Crippen molar-refractivity contribution in [3.63, 3.8) is 0 Å². The van der Waals surface area contributed by atoms with E-state index in [9.17, 15) is 18.0 Å². The molecule has 0 aliphatic heterocycles. The number of anilines is 1. The molecule has 1 unspecified atom stereocenters. The molecule has 3 aromatic rings. The minimum atomic E-state index is -3.59. The molecule has 226 valence electrons. The van der Waals surface area contributed by atoms with Crippen molar-refractivity contribution in [1.82, 2.24) is 10.2 Å². The number of rotatable bonds is 16. The molecule has 9 heteroatoms. The van der Waals surface area contributed by atoms with E-state index in [1.807, 2.05) is 75.4 Å². The smallest absolute Gasteiger partial charge is 0.243 e. The number of aryl methyl sites for hydroxylation is 1. The van der Waals surface area contributed by atoms with Gasteiger partial charge in [-0.05, 0) is 62.1 Å². The van der Waals surface area contributed by atoms with Crippen LogP contribution in [0.2, 0.25) is 0 Å². The number of sulfonamides is 1. The fourth-order valence-electron chi connectivity index (χ4n) is 4.69. The summed E-state index contributed by atoms with van der Waals surface area (Å²) in [7, 11) is -3.59.